The molecule has 21 heavy (non-hydrogen) atoms. The molecule has 0 amide bonds. The Labute approximate surface area is 125 Å². The van der Waals surface area contributed by atoms with Gasteiger partial charge in [-0.15, -0.1) is 0 Å². The van der Waals surface area contributed by atoms with Gasteiger partial charge >= 0.3 is 0 Å². The van der Waals surface area contributed by atoms with E-state index in [2.05, 4.69) is 29.2 Å². The van der Waals surface area contributed by atoms with E-state index in [1.54, 1.807) is 0 Å². The third-order valence-corrected chi connectivity index (χ3v) is 4.73. The fourth-order valence-corrected chi connectivity index (χ4v) is 3.55. The van der Waals surface area contributed by atoms with Crippen molar-refractivity contribution in [3.8, 4) is 0 Å². The molecule has 2 aromatic rings. The van der Waals surface area contributed by atoms with Crippen LogP contribution < -0.4 is 0 Å². The zero-order valence-electron chi connectivity index (χ0n) is 12.2. The first-order valence-corrected chi connectivity index (χ1v) is 7.87. The van der Waals surface area contributed by atoms with Gasteiger partial charge < -0.3 is 9.52 Å². The molecule has 0 saturated heterocycles. The average molecular weight is 283 g/mol. The molecule has 2 aliphatic carbocycles. The number of fused-ring (bicyclic) bond motifs is 1. The van der Waals surface area contributed by atoms with E-state index in [4.69, 9.17) is 9.52 Å². The molecular weight excluding hydrogens is 262 g/mol. The summed E-state index contributed by atoms with van der Waals surface area (Å²) in [5.74, 6) is 1.63. The van der Waals surface area contributed by atoms with Crippen molar-refractivity contribution in [2.75, 3.05) is 0 Å². The van der Waals surface area contributed by atoms with Crippen molar-refractivity contribution >= 4 is 0 Å². The number of hydrogen-bond donors (Lipinski definition) is 1. The summed E-state index contributed by atoms with van der Waals surface area (Å²) < 4.78 is 5.70. The lowest BCUT2D eigenvalue weighted by molar-refractivity contribution is 0.158. The molecule has 0 aliphatic heterocycles. The fraction of sp³-hybridized carbons (Fsp3) is 0.444. The maximum Gasteiger partial charge on any atom is 0.129 e. The Bertz CT molecular complexity index is 630. The first kappa shape index (κ1) is 13.1. The monoisotopic (exact) mass is 283 g/mol. The number of aryl methyl sites for hydroxylation is 1. The van der Waals surface area contributed by atoms with Crippen LogP contribution >= 0.6 is 0 Å². The lowest BCUT2D eigenvalue weighted by Crippen LogP contribution is -2.29. The summed E-state index contributed by atoms with van der Waals surface area (Å²) in [5.41, 5.74) is 3.00. The van der Waals surface area contributed by atoms with Gasteiger partial charge in [-0.2, -0.15) is 0 Å². The lowest BCUT2D eigenvalue weighted by atomic mass is 10.1. The molecule has 0 unspecified atom stereocenters. The van der Waals surface area contributed by atoms with Crippen LogP contribution in [0.3, 0.4) is 0 Å². The summed E-state index contributed by atoms with van der Waals surface area (Å²) in [4.78, 5) is 2.60. The second-order valence-electron chi connectivity index (χ2n) is 6.18. The standard InChI is InChI=1S/C18H21NO2/c20-12-16-9-8-15(21-16)11-19(14-6-7-14)18-10-5-13-3-1-2-4-17(13)18/h1-4,8-9,14,18,20H,5-7,10-12H2/t18-/m0/s1. The summed E-state index contributed by atoms with van der Waals surface area (Å²) in [6.45, 7) is 0.833. The summed E-state index contributed by atoms with van der Waals surface area (Å²) in [7, 11) is 0. The predicted octanol–water partition coefficient (Wildman–Crippen LogP) is 3.42. The highest BCUT2D eigenvalue weighted by Gasteiger charge is 2.37. The second kappa shape index (κ2) is 5.32. The quantitative estimate of drug-likeness (QED) is 0.913. The molecule has 1 aromatic heterocycles. The van der Waals surface area contributed by atoms with E-state index >= 15 is 0 Å². The van der Waals surface area contributed by atoms with E-state index in [1.165, 1.54) is 36.8 Å². The molecule has 3 heteroatoms. The lowest BCUT2D eigenvalue weighted by Gasteiger charge is -2.28. The number of furan rings is 1. The summed E-state index contributed by atoms with van der Waals surface area (Å²) >= 11 is 0. The summed E-state index contributed by atoms with van der Waals surface area (Å²) in [5, 5.41) is 9.14. The molecule has 110 valence electrons. The molecule has 0 radical (unpaired) electrons. The summed E-state index contributed by atoms with van der Waals surface area (Å²) in [6, 6.07) is 13.9. The van der Waals surface area contributed by atoms with Gasteiger partial charge in [-0.05, 0) is 48.9 Å². The maximum atomic E-state index is 9.14. The van der Waals surface area contributed by atoms with E-state index in [-0.39, 0.29) is 6.61 Å². The van der Waals surface area contributed by atoms with Gasteiger partial charge in [0.05, 0.1) is 6.54 Å². The van der Waals surface area contributed by atoms with Gasteiger partial charge in [0.25, 0.3) is 0 Å². The van der Waals surface area contributed by atoms with Crippen molar-refractivity contribution in [1.82, 2.24) is 4.90 Å². The molecule has 4 rings (SSSR count). The Hall–Kier alpha value is -1.58. The van der Waals surface area contributed by atoms with Crippen molar-refractivity contribution in [2.24, 2.45) is 0 Å². The zero-order valence-corrected chi connectivity index (χ0v) is 12.2. The number of aliphatic hydroxyl groups excluding tert-OH is 1. The fourth-order valence-electron chi connectivity index (χ4n) is 3.55. The van der Waals surface area contributed by atoms with Gasteiger partial charge in [-0.25, -0.2) is 0 Å². The summed E-state index contributed by atoms with van der Waals surface area (Å²) in [6.07, 6.45) is 4.99. The minimum absolute atomic E-state index is 0.0182. The molecule has 1 heterocycles. The van der Waals surface area contributed by atoms with Gasteiger partial charge in [0.2, 0.25) is 0 Å². The van der Waals surface area contributed by atoms with E-state index in [0.717, 1.165) is 12.3 Å². The van der Waals surface area contributed by atoms with Crippen LogP contribution in [0.25, 0.3) is 0 Å². The van der Waals surface area contributed by atoms with E-state index in [9.17, 15) is 0 Å². The SMILES string of the molecule is OCc1ccc(CN(C2CC2)[C@H]2CCc3ccccc32)o1. The highest BCUT2D eigenvalue weighted by atomic mass is 16.4. The van der Waals surface area contributed by atoms with Crippen LogP contribution in [0.15, 0.2) is 40.8 Å². The van der Waals surface area contributed by atoms with Gasteiger partial charge in [0.1, 0.15) is 18.1 Å². The van der Waals surface area contributed by atoms with Crippen molar-refractivity contribution in [3.05, 3.63) is 59.0 Å². The smallest absolute Gasteiger partial charge is 0.129 e. The highest BCUT2D eigenvalue weighted by molar-refractivity contribution is 5.34. The molecule has 1 saturated carbocycles. The number of aliphatic hydroxyl groups is 1. The Morgan fingerprint density at radius 1 is 1.05 bits per heavy atom. The van der Waals surface area contributed by atoms with Crippen LogP contribution in [-0.2, 0) is 19.6 Å². The van der Waals surface area contributed by atoms with Crippen molar-refractivity contribution in [1.29, 1.82) is 0 Å². The van der Waals surface area contributed by atoms with E-state index < -0.39 is 0 Å². The minimum atomic E-state index is -0.0182. The molecule has 1 fully saturated rings. The Morgan fingerprint density at radius 3 is 2.62 bits per heavy atom. The molecule has 1 aromatic carbocycles. The average Bonchev–Trinajstić information content (AvgIpc) is 3.11. The molecular formula is C18H21NO2. The molecule has 2 aliphatic rings. The topological polar surface area (TPSA) is 36.6 Å². The molecule has 1 N–H and O–H groups in total. The highest BCUT2D eigenvalue weighted by Crippen LogP contribution is 2.42. The van der Waals surface area contributed by atoms with Crippen LogP contribution in [0.4, 0.5) is 0 Å². The van der Waals surface area contributed by atoms with Crippen LogP contribution in [0.5, 0.6) is 0 Å². The van der Waals surface area contributed by atoms with Gasteiger partial charge in [-0.1, -0.05) is 24.3 Å². The number of nitrogens with zero attached hydrogens (tertiary/aromatic N) is 1. The number of hydrogen-bond acceptors (Lipinski definition) is 3. The second-order valence-corrected chi connectivity index (χ2v) is 6.18. The molecule has 3 nitrogen and oxygen atoms in total. The van der Waals surface area contributed by atoms with Crippen molar-refractivity contribution in [2.45, 2.75) is 50.9 Å². The molecule has 0 spiro atoms. The van der Waals surface area contributed by atoms with E-state index in [0.29, 0.717) is 17.8 Å². The first-order valence-electron chi connectivity index (χ1n) is 7.87. The normalized spacial score (nSPS) is 21.0. The van der Waals surface area contributed by atoms with Gasteiger partial charge in [0, 0.05) is 12.1 Å². The van der Waals surface area contributed by atoms with Crippen LogP contribution in [0.2, 0.25) is 0 Å². The number of rotatable bonds is 5. The molecule has 0 bridgehead atoms. The third kappa shape index (κ3) is 2.52. The minimum Gasteiger partial charge on any atom is -0.462 e. The first-order chi connectivity index (χ1) is 10.3. The zero-order chi connectivity index (χ0) is 14.2. The van der Waals surface area contributed by atoms with Crippen LogP contribution in [0, 0.1) is 0 Å². The third-order valence-electron chi connectivity index (χ3n) is 4.73. The molecule has 1 atom stereocenters. The Kier molecular flexibility index (Phi) is 3.32. The Balaban J connectivity index is 1.58. The largest absolute Gasteiger partial charge is 0.462 e. The Morgan fingerprint density at radius 2 is 1.86 bits per heavy atom. The van der Waals surface area contributed by atoms with Crippen LogP contribution in [-0.4, -0.2) is 16.0 Å². The van der Waals surface area contributed by atoms with Crippen LogP contribution in [0.1, 0.15) is 48.0 Å². The van der Waals surface area contributed by atoms with Crippen molar-refractivity contribution in [3.63, 3.8) is 0 Å². The maximum absolute atomic E-state index is 9.14. The van der Waals surface area contributed by atoms with E-state index in [1.807, 2.05) is 12.1 Å². The van der Waals surface area contributed by atoms with Gasteiger partial charge in [0.15, 0.2) is 0 Å². The number of benzene rings is 1. The predicted molar refractivity (Wildman–Crippen MR) is 80.7 cm³/mol. The van der Waals surface area contributed by atoms with Crippen molar-refractivity contribution < 1.29 is 9.52 Å². The van der Waals surface area contributed by atoms with Gasteiger partial charge in [-0.3, -0.25) is 4.90 Å².